The Labute approximate surface area is 76.8 Å². The highest BCUT2D eigenvalue weighted by molar-refractivity contribution is 8.93. The van der Waals surface area contributed by atoms with E-state index in [1.165, 1.54) is 0 Å². The predicted molar refractivity (Wildman–Crippen MR) is 56.4 cm³/mol. The molecule has 0 fully saturated rings. The molecule has 10 heavy (non-hydrogen) atoms. The zero-order chi connectivity index (χ0) is 7.49. The Kier molecular flexibility index (Phi) is 6.42. The Morgan fingerprint density at radius 1 is 1.10 bits per heavy atom. The van der Waals surface area contributed by atoms with Gasteiger partial charge in [-0.3, -0.25) is 0 Å². The molecule has 0 rings (SSSR count). The summed E-state index contributed by atoms with van der Waals surface area (Å²) in [6, 6.07) is 0. The minimum atomic E-state index is -0.631. The highest BCUT2D eigenvalue weighted by Gasteiger charge is 2.02. The lowest BCUT2D eigenvalue weighted by Gasteiger charge is -2.07. The third-order valence-corrected chi connectivity index (χ3v) is 1.46. The Morgan fingerprint density at radius 3 is 1.60 bits per heavy atom. The van der Waals surface area contributed by atoms with E-state index in [1.54, 1.807) is 0 Å². The maximum absolute atomic E-state index is 3.27. The molecule has 0 nitrogen and oxygen atoms in total. The van der Waals surface area contributed by atoms with Crippen molar-refractivity contribution in [2.45, 2.75) is 33.9 Å². The third kappa shape index (κ3) is 11.1. The van der Waals surface area contributed by atoms with Crippen LogP contribution in [0, 0.1) is 16.9 Å². The molecule has 0 aromatic rings. The van der Waals surface area contributed by atoms with Crippen LogP contribution in [-0.4, -0.2) is 8.80 Å². The van der Waals surface area contributed by atoms with E-state index in [-0.39, 0.29) is 22.4 Å². The van der Waals surface area contributed by atoms with Gasteiger partial charge in [-0.15, -0.1) is 28.4 Å². The van der Waals surface area contributed by atoms with Crippen molar-refractivity contribution < 1.29 is 0 Å². The summed E-state index contributed by atoms with van der Waals surface area (Å²) in [7, 11) is -0.631. The predicted octanol–water partition coefficient (Wildman–Crippen LogP) is 2.64. The number of rotatable bonds is 0. The van der Waals surface area contributed by atoms with E-state index in [4.69, 9.17) is 0 Å². The van der Waals surface area contributed by atoms with E-state index in [0.29, 0.717) is 0 Å². The molecule has 0 unspecified atom stereocenters. The topological polar surface area (TPSA) is 0 Å². The molecule has 0 aromatic heterocycles. The molecular formula is C8H17BrSi. The van der Waals surface area contributed by atoms with Crippen molar-refractivity contribution in [1.29, 1.82) is 0 Å². The second-order valence-corrected chi connectivity index (χ2v) is 6.27. The Balaban J connectivity index is 0. The summed E-state index contributed by atoms with van der Waals surface area (Å²) in [5.74, 6) is 3.23. The van der Waals surface area contributed by atoms with E-state index in [0.717, 1.165) is 0 Å². The van der Waals surface area contributed by atoms with Gasteiger partial charge in [-0.2, -0.15) is 0 Å². The van der Waals surface area contributed by atoms with Crippen molar-refractivity contribution in [2.75, 3.05) is 0 Å². The molecule has 0 aliphatic rings. The van der Waals surface area contributed by atoms with Crippen LogP contribution in [0.3, 0.4) is 0 Å². The van der Waals surface area contributed by atoms with Crippen molar-refractivity contribution in [3.8, 4) is 11.5 Å². The molecule has 0 amide bonds. The average Bonchev–Trinajstić information content (AvgIpc) is 1.59. The highest BCUT2D eigenvalue weighted by Crippen LogP contribution is 2.09. The lowest BCUT2D eigenvalue weighted by atomic mass is 9.99. The van der Waals surface area contributed by atoms with Gasteiger partial charge in [0.25, 0.3) is 0 Å². The summed E-state index contributed by atoms with van der Waals surface area (Å²) >= 11 is 0. The quantitative estimate of drug-likeness (QED) is 0.435. The first-order valence-electron chi connectivity index (χ1n) is 3.44. The van der Waals surface area contributed by atoms with Crippen molar-refractivity contribution in [3.63, 3.8) is 0 Å². The first kappa shape index (κ1) is 12.9. The molecule has 0 heterocycles. The SMILES string of the molecule is Br.C[SiH](C)C#CC(C)(C)C. The lowest BCUT2D eigenvalue weighted by molar-refractivity contribution is 0.571. The molecule has 0 atom stereocenters. The molecule has 0 bridgehead atoms. The van der Waals surface area contributed by atoms with Gasteiger partial charge in [0.1, 0.15) is 8.80 Å². The lowest BCUT2D eigenvalue weighted by Crippen LogP contribution is -2.03. The summed E-state index contributed by atoms with van der Waals surface area (Å²) < 4.78 is 0. The van der Waals surface area contributed by atoms with Crippen molar-refractivity contribution in [2.24, 2.45) is 5.41 Å². The second-order valence-electron chi connectivity index (χ2n) is 3.67. The van der Waals surface area contributed by atoms with Crippen LogP contribution in [0.25, 0.3) is 0 Å². The monoisotopic (exact) mass is 220 g/mol. The molecule has 0 saturated heterocycles. The van der Waals surface area contributed by atoms with Crippen molar-refractivity contribution in [1.82, 2.24) is 0 Å². The first-order chi connectivity index (χ1) is 3.92. The van der Waals surface area contributed by atoms with Crippen LogP contribution < -0.4 is 0 Å². The molecule has 0 aromatic carbocycles. The summed E-state index contributed by atoms with van der Waals surface area (Å²) in [6.07, 6.45) is 0. The van der Waals surface area contributed by atoms with Gasteiger partial charge >= 0.3 is 0 Å². The van der Waals surface area contributed by atoms with Gasteiger partial charge < -0.3 is 0 Å². The Bertz CT molecular complexity index is 134. The standard InChI is InChI=1S/C8H16Si.BrH/c1-8(2,3)6-7-9(4)5;/h9H,1-5H3;1H. The van der Waals surface area contributed by atoms with Crippen LogP contribution >= 0.6 is 17.0 Å². The Hall–Kier alpha value is 0.257. The minimum Gasteiger partial charge on any atom is -0.135 e. The summed E-state index contributed by atoms with van der Waals surface area (Å²) in [5, 5.41) is 0. The van der Waals surface area contributed by atoms with Gasteiger partial charge in [0.05, 0.1) is 0 Å². The second kappa shape index (κ2) is 4.98. The molecule has 0 aliphatic heterocycles. The van der Waals surface area contributed by atoms with Crippen LogP contribution in [0.1, 0.15) is 20.8 Å². The van der Waals surface area contributed by atoms with E-state index >= 15 is 0 Å². The zero-order valence-electron chi connectivity index (χ0n) is 7.49. The molecule has 0 N–H and O–H groups in total. The van der Waals surface area contributed by atoms with Gasteiger partial charge in [-0.1, -0.05) is 13.1 Å². The van der Waals surface area contributed by atoms with Gasteiger partial charge in [-0.25, -0.2) is 0 Å². The fraction of sp³-hybridized carbons (Fsp3) is 0.750. The Morgan fingerprint density at radius 2 is 1.50 bits per heavy atom. The smallest absolute Gasteiger partial charge is 0.116 e. The normalized spacial score (nSPS) is 9.80. The highest BCUT2D eigenvalue weighted by atomic mass is 79.9. The fourth-order valence-corrected chi connectivity index (χ4v) is 1.08. The van der Waals surface area contributed by atoms with Crippen molar-refractivity contribution >= 4 is 25.8 Å². The van der Waals surface area contributed by atoms with E-state index < -0.39 is 8.80 Å². The summed E-state index contributed by atoms with van der Waals surface area (Å²) in [5.41, 5.74) is 3.48. The molecule has 60 valence electrons. The van der Waals surface area contributed by atoms with Gasteiger partial charge in [0, 0.05) is 5.41 Å². The van der Waals surface area contributed by atoms with Crippen molar-refractivity contribution in [3.05, 3.63) is 0 Å². The molecule has 0 radical (unpaired) electrons. The molecule has 2 heteroatoms. The van der Waals surface area contributed by atoms with Crippen LogP contribution in [0.4, 0.5) is 0 Å². The third-order valence-electron chi connectivity index (χ3n) is 0.736. The van der Waals surface area contributed by atoms with Gasteiger partial charge in [0.15, 0.2) is 0 Å². The summed E-state index contributed by atoms with van der Waals surface area (Å²) in [4.78, 5) is 0. The number of hydrogen-bond donors (Lipinski definition) is 0. The van der Waals surface area contributed by atoms with Crippen LogP contribution in [0.5, 0.6) is 0 Å². The molecular weight excluding hydrogens is 204 g/mol. The van der Waals surface area contributed by atoms with E-state index in [2.05, 4.69) is 45.3 Å². The van der Waals surface area contributed by atoms with Crippen LogP contribution in [-0.2, 0) is 0 Å². The average molecular weight is 221 g/mol. The first-order valence-corrected chi connectivity index (χ1v) is 6.33. The van der Waals surface area contributed by atoms with Crippen LogP contribution in [0.2, 0.25) is 13.1 Å². The van der Waals surface area contributed by atoms with Crippen LogP contribution in [0.15, 0.2) is 0 Å². The van der Waals surface area contributed by atoms with Gasteiger partial charge in [-0.05, 0) is 20.8 Å². The zero-order valence-corrected chi connectivity index (χ0v) is 10.4. The molecule has 0 aliphatic carbocycles. The van der Waals surface area contributed by atoms with E-state index in [9.17, 15) is 0 Å². The van der Waals surface area contributed by atoms with Gasteiger partial charge in [0.2, 0.25) is 0 Å². The number of hydrogen-bond acceptors (Lipinski definition) is 0. The maximum atomic E-state index is 3.27. The maximum Gasteiger partial charge on any atom is 0.116 e. The minimum absolute atomic E-state index is 0. The molecule has 0 spiro atoms. The summed E-state index contributed by atoms with van der Waals surface area (Å²) in [6.45, 7) is 10.9. The largest absolute Gasteiger partial charge is 0.135 e. The fourth-order valence-electron chi connectivity index (χ4n) is 0.361. The number of halogens is 1. The van der Waals surface area contributed by atoms with E-state index in [1.807, 2.05) is 0 Å². The molecule has 0 saturated carbocycles.